The molecule has 0 bridgehead atoms. The molecule has 2 rings (SSSR count). The third-order valence-electron chi connectivity index (χ3n) is 2.90. The monoisotopic (exact) mass is 259 g/mol. The van der Waals surface area contributed by atoms with Crippen molar-refractivity contribution in [3.8, 4) is 0 Å². The fraction of sp³-hybridized carbons (Fsp3) is 0.231. The van der Waals surface area contributed by atoms with Gasteiger partial charge in [0.1, 0.15) is 0 Å². The Labute approximate surface area is 111 Å². The molecule has 0 saturated carbocycles. The molecule has 1 aromatic heterocycles. The number of nitrogens with two attached hydrogens (primary N) is 2. The van der Waals surface area contributed by atoms with Crippen molar-refractivity contribution in [2.75, 3.05) is 17.7 Å². The van der Waals surface area contributed by atoms with E-state index >= 15 is 0 Å². The molecule has 1 amide bonds. The maximum absolute atomic E-state index is 11.1. The summed E-state index contributed by atoms with van der Waals surface area (Å²) in [6.45, 7) is 0.688. The smallest absolute Gasteiger partial charge is 0.248 e. The molecule has 19 heavy (non-hydrogen) atoms. The predicted octanol–water partition coefficient (Wildman–Crippen LogP) is 0.738. The molecule has 4 N–H and O–H groups in total. The van der Waals surface area contributed by atoms with Gasteiger partial charge in [-0.3, -0.25) is 9.48 Å². The first-order chi connectivity index (χ1) is 8.97. The Morgan fingerprint density at radius 3 is 2.74 bits per heavy atom. The topological polar surface area (TPSA) is 90.2 Å². The van der Waals surface area contributed by atoms with Crippen LogP contribution in [0.1, 0.15) is 15.9 Å². The third kappa shape index (κ3) is 2.85. The molecule has 0 radical (unpaired) electrons. The van der Waals surface area contributed by atoms with E-state index in [-0.39, 0.29) is 0 Å². The number of carbonyl (C=O) groups excluding carboxylic acids is 1. The number of hydrogen-bond acceptors (Lipinski definition) is 4. The molecule has 6 heteroatoms. The second-order valence-electron chi connectivity index (χ2n) is 4.52. The lowest BCUT2D eigenvalue weighted by molar-refractivity contribution is 0.100. The Morgan fingerprint density at radius 1 is 1.47 bits per heavy atom. The second kappa shape index (κ2) is 5.01. The predicted molar refractivity (Wildman–Crippen MR) is 74.7 cm³/mol. The van der Waals surface area contributed by atoms with Crippen molar-refractivity contribution < 1.29 is 4.79 Å². The van der Waals surface area contributed by atoms with Crippen LogP contribution in [0.3, 0.4) is 0 Å². The van der Waals surface area contributed by atoms with E-state index in [0.29, 0.717) is 17.8 Å². The molecule has 0 saturated heterocycles. The fourth-order valence-corrected chi connectivity index (χ4v) is 1.97. The number of benzene rings is 1. The molecule has 2 aromatic rings. The minimum atomic E-state index is -0.479. The van der Waals surface area contributed by atoms with Crippen LogP contribution in [0, 0.1) is 0 Å². The molecule has 0 aliphatic heterocycles. The summed E-state index contributed by atoms with van der Waals surface area (Å²) in [7, 11) is 3.81. The molecule has 0 unspecified atom stereocenters. The Hall–Kier alpha value is -2.50. The SMILES string of the molecule is CN(Cc1cnn(C)c1)c1ccc(C(N)=O)cc1N. The molecular weight excluding hydrogens is 242 g/mol. The van der Waals surface area contributed by atoms with Crippen LogP contribution >= 0.6 is 0 Å². The van der Waals surface area contributed by atoms with Crippen LogP contribution < -0.4 is 16.4 Å². The number of aromatic nitrogens is 2. The van der Waals surface area contributed by atoms with Crippen LogP contribution in [0.4, 0.5) is 11.4 Å². The first-order valence-electron chi connectivity index (χ1n) is 5.85. The van der Waals surface area contributed by atoms with E-state index in [1.807, 2.05) is 31.4 Å². The minimum Gasteiger partial charge on any atom is -0.397 e. The summed E-state index contributed by atoms with van der Waals surface area (Å²) in [5, 5.41) is 4.12. The van der Waals surface area contributed by atoms with Gasteiger partial charge in [-0.1, -0.05) is 0 Å². The van der Waals surface area contributed by atoms with E-state index in [1.54, 1.807) is 22.9 Å². The van der Waals surface area contributed by atoms with Gasteiger partial charge >= 0.3 is 0 Å². The number of amides is 1. The Balaban J connectivity index is 2.19. The lowest BCUT2D eigenvalue weighted by Crippen LogP contribution is -2.18. The van der Waals surface area contributed by atoms with Gasteiger partial charge < -0.3 is 16.4 Å². The molecule has 0 aliphatic rings. The number of hydrogen-bond donors (Lipinski definition) is 2. The van der Waals surface area contributed by atoms with Gasteiger partial charge in [0.2, 0.25) is 5.91 Å². The van der Waals surface area contributed by atoms with Crippen LogP contribution in [0.15, 0.2) is 30.6 Å². The lowest BCUT2D eigenvalue weighted by atomic mass is 10.1. The molecule has 1 heterocycles. The van der Waals surface area contributed by atoms with Gasteiger partial charge in [-0.15, -0.1) is 0 Å². The van der Waals surface area contributed by atoms with Gasteiger partial charge in [-0.2, -0.15) is 5.10 Å². The van der Waals surface area contributed by atoms with Crippen molar-refractivity contribution in [3.63, 3.8) is 0 Å². The normalized spacial score (nSPS) is 10.4. The van der Waals surface area contributed by atoms with Crippen LogP contribution in [0.25, 0.3) is 0 Å². The van der Waals surface area contributed by atoms with E-state index in [4.69, 9.17) is 11.5 Å². The first-order valence-corrected chi connectivity index (χ1v) is 5.85. The van der Waals surface area contributed by atoms with Gasteiger partial charge in [0, 0.05) is 38.0 Å². The van der Waals surface area contributed by atoms with E-state index in [9.17, 15) is 4.79 Å². The van der Waals surface area contributed by atoms with Crippen molar-refractivity contribution in [1.82, 2.24) is 9.78 Å². The summed E-state index contributed by atoms with van der Waals surface area (Å²) >= 11 is 0. The zero-order valence-electron chi connectivity index (χ0n) is 11.0. The number of rotatable bonds is 4. The van der Waals surface area contributed by atoms with Gasteiger partial charge in [0.05, 0.1) is 17.6 Å². The zero-order valence-corrected chi connectivity index (χ0v) is 11.0. The molecular formula is C13H17N5O. The molecule has 0 spiro atoms. The van der Waals surface area contributed by atoms with Gasteiger partial charge in [-0.25, -0.2) is 0 Å². The summed E-state index contributed by atoms with van der Waals surface area (Å²) in [6.07, 6.45) is 3.76. The van der Waals surface area contributed by atoms with Crippen molar-refractivity contribution in [2.45, 2.75) is 6.54 Å². The van der Waals surface area contributed by atoms with Crippen molar-refractivity contribution >= 4 is 17.3 Å². The summed E-state index contributed by atoms with van der Waals surface area (Å²) in [5.74, 6) is -0.479. The maximum atomic E-state index is 11.1. The fourth-order valence-electron chi connectivity index (χ4n) is 1.97. The number of nitrogens with zero attached hydrogens (tertiary/aromatic N) is 3. The maximum Gasteiger partial charge on any atom is 0.248 e. The van der Waals surface area contributed by atoms with Gasteiger partial charge in [0.15, 0.2) is 0 Å². The standard InChI is InChI=1S/C13H17N5O/c1-17(7-9-6-16-18(2)8-9)12-4-3-10(13(15)19)5-11(12)14/h3-6,8H,7,14H2,1-2H3,(H2,15,19). The number of carbonyl (C=O) groups is 1. The summed E-state index contributed by atoms with van der Waals surface area (Å²) < 4.78 is 1.75. The van der Waals surface area contributed by atoms with E-state index in [2.05, 4.69) is 5.10 Å². The van der Waals surface area contributed by atoms with Crippen LogP contribution in [0.2, 0.25) is 0 Å². The number of anilines is 2. The van der Waals surface area contributed by atoms with Crippen LogP contribution in [-0.2, 0) is 13.6 Å². The highest BCUT2D eigenvalue weighted by atomic mass is 16.1. The van der Waals surface area contributed by atoms with E-state index in [0.717, 1.165) is 11.3 Å². The largest absolute Gasteiger partial charge is 0.397 e. The van der Waals surface area contributed by atoms with Gasteiger partial charge in [0.25, 0.3) is 0 Å². The lowest BCUT2D eigenvalue weighted by Gasteiger charge is -2.20. The van der Waals surface area contributed by atoms with Crippen molar-refractivity contribution in [2.24, 2.45) is 12.8 Å². The highest BCUT2D eigenvalue weighted by Gasteiger charge is 2.09. The van der Waals surface area contributed by atoms with E-state index in [1.165, 1.54) is 0 Å². The molecule has 0 aliphatic carbocycles. The van der Waals surface area contributed by atoms with Gasteiger partial charge in [-0.05, 0) is 18.2 Å². The first kappa shape index (κ1) is 12.9. The number of aryl methyl sites for hydroxylation is 1. The molecule has 0 atom stereocenters. The highest BCUT2D eigenvalue weighted by Crippen LogP contribution is 2.24. The van der Waals surface area contributed by atoms with Crippen LogP contribution in [-0.4, -0.2) is 22.7 Å². The Bertz CT molecular complexity index is 605. The number of primary amides is 1. The second-order valence-corrected chi connectivity index (χ2v) is 4.52. The van der Waals surface area contributed by atoms with Crippen molar-refractivity contribution in [3.05, 3.63) is 41.7 Å². The molecule has 0 fully saturated rings. The summed E-state index contributed by atoms with van der Waals surface area (Å²) in [4.78, 5) is 13.1. The van der Waals surface area contributed by atoms with E-state index < -0.39 is 5.91 Å². The quantitative estimate of drug-likeness (QED) is 0.792. The third-order valence-corrected chi connectivity index (χ3v) is 2.90. The molecule has 100 valence electrons. The zero-order chi connectivity index (χ0) is 14.0. The molecule has 6 nitrogen and oxygen atoms in total. The van der Waals surface area contributed by atoms with Crippen molar-refractivity contribution in [1.29, 1.82) is 0 Å². The number of nitrogen functional groups attached to an aromatic ring is 1. The Kier molecular flexibility index (Phi) is 3.41. The summed E-state index contributed by atoms with van der Waals surface area (Å²) in [5.41, 5.74) is 14.0. The Morgan fingerprint density at radius 2 is 2.21 bits per heavy atom. The average Bonchev–Trinajstić information content (AvgIpc) is 2.74. The minimum absolute atomic E-state index is 0.413. The summed E-state index contributed by atoms with van der Waals surface area (Å²) in [6, 6.07) is 5.07. The highest BCUT2D eigenvalue weighted by molar-refractivity contribution is 5.94. The average molecular weight is 259 g/mol. The van der Waals surface area contributed by atoms with Crippen LogP contribution in [0.5, 0.6) is 0 Å². The molecule has 1 aromatic carbocycles.